The summed E-state index contributed by atoms with van der Waals surface area (Å²) in [6.45, 7) is 4.38. The van der Waals surface area contributed by atoms with E-state index in [-0.39, 0.29) is 0 Å². The first kappa shape index (κ1) is 5.57. The molecular weight excluding hydrogens is 124 g/mol. The maximum absolute atomic E-state index is 2.20. The van der Waals surface area contributed by atoms with Crippen LogP contribution in [0.4, 0.5) is 0 Å². The number of rotatable bonds is 0. The van der Waals surface area contributed by atoms with Crippen molar-refractivity contribution in [3.05, 3.63) is 10.5 Å². The first-order valence-electron chi connectivity index (χ1n) is 2.26. The molecule has 0 spiro atoms. The van der Waals surface area contributed by atoms with E-state index in [1.165, 1.54) is 10.7 Å². The lowest BCUT2D eigenvalue weighted by Crippen LogP contribution is -1.71. The molecule has 0 N–H and O–H groups in total. The van der Waals surface area contributed by atoms with Gasteiger partial charge in [-0.2, -0.15) is 0 Å². The van der Waals surface area contributed by atoms with Gasteiger partial charge in [0.05, 0.1) is 0 Å². The van der Waals surface area contributed by atoms with Gasteiger partial charge in [-0.05, 0) is 18.8 Å². The van der Waals surface area contributed by atoms with Crippen LogP contribution >= 0.6 is 21.6 Å². The van der Waals surface area contributed by atoms with Gasteiger partial charge in [-0.15, -0.1) is 0 Å². The summed E-state index contributed by atoms with van der Waals surface area (Å²) in [5.74, 6) is 1.23. The molecule has 1 aliphatic rings. The van der Waals surface area contributed by atoms with Gasteiger partial charge in [-0.3, -0.25) is 0 Å². The highest BCUT2D eigenvalue weighted by atomic mass is 33.1. The van der Waals surface area contributed by atoms with Crippen molar-refractivity contribution in [2.24, 2.45) is 0 Å². The molecule has 0 aromatic carbocycles. The molecule has 0 aromatic heterocycles. The fraction of sp³-hybridized carbons (Fsp3) is 0.600. The molecule has 0 atom stereocenters. The highest BCUT2D eigenvalue weighted by molar-refractivity contribution is 8.78. The van der Waals surface area contributed by atoms with Crippen LogP contribution < -0.4 is 0 Å². The van der Waals surface area contributed by atoms with E-state index in [4.69, 9.17) is 0 Å². The Morgan fingerprint density at radius 2 is 2.14 bits per heavy atom. The van der Waals surface area contributed by atoms with E-state index in [2.05, 4.69) is 13.8 Å². The van der Waals surface area contributed by atoms with Crippen molar-refractivity contribution in [1.29, 1.82) is 0 Å². The number of allylic oxidation sites excluding steroid dienone is 1. The molecule has 0 amide bonds. The normalized spacial score (nSPS) is 21.4. The predicted molar refractivity (Wildman–Crippen MR) is 38.4 cm³/mol. The molecule has 1 heterocycles. The van der Waals surface area contributed by atoms with Gasteiger partial charge >= 0.3 is 0 Å². The molecule has 1 rings (SSSR count). The van der Waals surface area contributed by atoms with Crippen molar-refractivity contribution >= 4 is 21.6 Å². The molecule has 0 fully saturated rings. The number of hydrogen-bond donors (Lipinski definition) is 0. The minimum absolute atomic E-state index is 1.23. The maximum Gasteiger partial charge on any atom is 0.0259 e. The number of hydrogen-bond acceptors (Lipinski definition) is 2. The third-order valence-electron chi connectivity index (χ3n) is 1.06. The highest BCUT2D eigenvalue weighted by Crippen LogP contribution is 2.40. The van der Waals surface area contributed by atoms with Crippen molar-refractivity contribution in [2.45, 2.75) is 13.8 Å². The minimum Gasteiger partial charge on any atom is -0.0848 e. The third kappa shape index (κ3) is 1.16. The zero-order valence-corrected chi connectivity index (χ0v) is 6.16. The van der Waals surface area contributed by atoms with Crippen LogP contribution in [-0.2, 0) is 0 Å². The van der Waals surface area contributed by atoms with Crippen LogP contribution in [0.3, 0.4) is 0 Å². The second-order valence-corrected chi connectivity index (χ2v) is 4.19. The lowest BCUT2D eigenvalue weighted by Gasteiger charge is -1.84. The lowest BCUT2D eigenvalue weighted by molar-refractivity contribution is 1.37. The Labute approximate surface area is 52.1 Å². The molecule has 0 aromatic rings. The molecule has 0 unspecified atom stereocenters. The van der Waals surface area contributed by atoms with E-state index in [0.717, 1.165) is 0 Å². The predicted octanol–water partition coefficient (Wildman–Crippen LogP) is 2.68. The quantitative estimate of drug-likeness (QED) is 0.465. The van der Waals surface area contributed by atoms with Crippen LogP contribution in [0.2, 0.25) is 0 Å². The first-order valence-corrected chi connectivity index (χ1v) is 4.58. The Morgan fingerprint density at radius 3 is 2.29 bits per heavy atom. The van der Waals surface area contributed by atoms with Crippen LogP contribution in [0.1, 0.15) is 13.8 Å². The summed E-state index contributed by atoms with van der Waals surface area (Å²) in [6.07, 6.45) is 0. The second kappa shape index (κ2) is 2.14. The Hall–Kier alpha value is 0.440. The molecule has 0 aliphatic carbocycles. The zero-order chi connectivity index (χ0) is 5.28. The van der Waals surface area contributed by atoms with Gasteiger partial charge in [0.25, 0.3) is 0 Å². The molecule has 7 heavy (non-hydrogen) atoms. The van der Waals surface area contributed by atoms with Gasteiger partial charge in [0, 0.05) is 5.75 Å². The summed E-state index contributed by atoms with van der Waals surface area (Å²) in [5.41, 5.74) is 1.55. The summed E-state index contributed by atoms with van der Waals surface area (Å²) in [4.78, 5) is 1.50. The van der Waals surface area contributed by atoms with E-state index < -0.39 is 0 Å². The molecule has 0 radical (unpaired) electrons. The van der Waals surface area contributed by atoms with E-state index in [9.17, 15) is 0 Å². The third-order valence-corrected chi connectivity index (χ3v) is 3.78. The summed E-state index contributed by atoms with van der Waals surface area (Å²) in [5, 5.41) is 0. The fourth-order valence-electron chi connectivity index (χ4n) is 0.379. The fourth-order valence-corrected chi connectivity index (χ4v) is 2.98. The molecule has 1 aliphatic heterocycles. The molecule has 40 valence electrons. The summed E-state index contributed by atoms with van der Waals surface area (Å²) >= 11 is 0. The van der Waals surface area contributed by atoms with Gasteiger partial charge in [-0.25, -0.2) is 0 Å². The Bertz CT molecular complexity index is 92.6. The van der Waals surface area contributed by atoms with Crippen LogP contribution in [0.25, 0.3) is 0 Å². The highest BCUT2D eigenvalue weighted by Gasteiger charge is 2.05. The van der Waals surface area contributed by atoms with E-state index in [0.29, 0.717) is 0 Å². The monoisotopic (exact) mass is 132 g/mol. The Morgan fingerprint density at radius 1 is 1.43 bits per heavy atom. The largest absolute Gasteiger partial charge is 0.0848 e. The van der Waals surface area contributed by atoms with Crippen LogP contribution in [-0.4, -0.2) is 5.75 Å². The van der Waals surface area contributed by atoms with Crippen molar-refractivity contribution in [1.82, 2.24) is 0 Å². The van der Waals surface area contributed by atoms with Gasteiger partial charge in [-0.1, -0.05) is 27.2 Å². The average Bonchev–Trinajstić information content (AvgIpc) is 1.91. The smallest absolute Gasteiger partial charge is 0.0259 e. The molecular formula is C5H8S2. The zero-order valence-electron chi connectivity index (χ0n) is 4.52. The minimum atomic E-state index is 1.23. The molecule has 0 nitrogen and oxygen atoms in total. The standard InChI is InChI=1S/C5H8S2/c1-4-3-6-7-5(4)2/h3H2,1-2H3. The summed E-state index contributed by atoms with van der Waals surface area (Å²) in [7, 11) is 3.83. The molecule has 0 saturated carbocycles. The van der Waals surface area contributed by atoms with Crippen LogP contribution in [0.5, 0.6) is 0 Å². The maximum atomic E-state index is 2.20. The van der Waals surface area contributed by atoms with Crippen LogP contribution in [0, 0.1) is 0 Å². The van der Waals surface area contributed by atoms with Crippen molar-refractivity contribution in [3.63, 3.8) is 0 Å². The van der Waals surface area contributed by atoms with E-state index >= 15 is 0 Å². The van der Waals surface area contributed by atoms with Gasteiger partial charge in [0.2, 0.25) is 0 Å². The van der Waals surface area contributed by atoms with Crippen molar-refractivity contribution in [2.75, 3.05) is 5.75 Å². The Kier molecular flexibility index (Phi) is 1.70. The molecule has 0 saturated heterocycles. The SMILES string of the molecule is CC1=C(C)SSC1. The van der Waals surface area contributed by atoms with Crippen LogP contribution in [0.15, 0.2) is 10.5 Å². The van der Waals surface area contributed by atoms with Gasteiger partial charge in [0.1, 0.15) is 0 Å². The Balaban J connectivity index is 2.64. The van der Waals surface area contributed by atoms with E-state index in [1.54, 1.807) is 5.57 Å². The summed E-state index contributed by atoms with van der Waals surface area (Å²) < 4.78 is 0. The first-order chi connectivity index (χ1) is 3.30. The average molecular weight is 132 g/mol. The topological polar surface area (TPSA) is 0 Å². The summed E-state index contributed by atoms with van der Waals surface area (Å²) in [6, 6.07) is 0. The second-order valence-electron chi connectivity index (χ2n) is 1.68. The van der Waals surface area contributed by atoms with Crippen molar-refractivity contribution < 1.29 is 0 Å². The molecule has 0 bridgehead atoms. The van der Waals surface area contributed by atoms with Gasteiger partial charge in [0.15, 0.2) is 0 Å². The molecule has 2 heteroatoms. The lowest BCUT2D eigenvalue weighted by atomic mass is 10.3. The van der Waals surface area contributed by atoms with Gasteiger partial charge < -0.3 is 0 Å². The van der Waals surface area contributed by atoms with Crippen molar-refractivity contribution in [3.8, 4) is 0 Å². The van der Waals surface area contributed by atoms with E-state index in [1.807, 2.05) is 21.6 Å².